The summed E-state index contributed by atoms with van der Waals surface area (Å²) in [6.07, 6.45) is 3.16. The third kappa shape index (κ3) is 6.70. The van der Waals surface area contributed by atoms with Crippen LogP contribution in [0.1, 0.15) is 45.1 Å². The lowest BCUT2D eigenvalue weighted by Crippen LogP contribution is -2.45. The molecule has 0 radical (unpaired) electrons. The summed E-state index contributed by atoms with van der Waals surface area (Å²) in [5.74, 6) is -0.213. The number of carbonyl (C=O) groups excluding carboxylic acids is 1. The van der Waals surface area contributed by atoms with Crippen molar-refractivity contribution in [2.75, 3.05) is 30.8 Å². The van der Waals surface area contributed by atoms with E-state index in [0.29, 0.717) is 31.1 Å². The predicted octanol–water partition coefficient (Wildman–Crippen LogP) is 2.84. The first-order valence-electron chi connectivity index (χ1n) is 10.6. The summed E-state index contributed by atoms with van der Waals surface area (Å²) in [7, 11) is 1.83. The van der Waals surface area contributed by atoms with Crippen LogP contribution in [0.25, 0.3) is 0 Å². The Labute approximate surface area is 187 Å². The maximum atomic E-state index is 13.2. The molecule has 2 rings (SSSR count). The molecule has 0 spiro atoms. The summed E-state index contributed by atoms with van der Waals surface area (Å²) < 4.78 is 1.34. The van der Waals surface area contributed by atoms with Crippen molar-refractivity contribution in [2.24, 2.45) is 0 Å². The van der Waals surface area contributed by atoms with Gasteiger partial charge in [-0.1, -0.05) is 50.4 Å². The minimum atomic E-state index is -0.639. The summed E-state index contributed by atoms with van der Waals surface area (Å²) in [5, 5.41) is 0.654. The van der Waals surface area contributed by atoms with Crippen LogP contribution >= 0.6 is 11.6 Å². The van der Waals surface area contributed by atoms with Crippen molar-refractivity contribution in [2.45, 2.75) is 52.6 Å². The number of anilines is 2. The molecule has 0 aliphatic rings. The highest BCUT2D eigenvalue weighted by atomic mass is 35.5. The Morgan fingerprint density at radius 2 is 1.77 bits per heavy atom. The van der Waals surface area contributed by atoms with Gasteiger partial charge in [0.2, 0.25) is 5.91 Å². The molecule has 0 aliphatic heterocycles. The molecule has 170 valence electrons. The molecule has 1 amide bonds. The molecular formula is C22H32ClN5O3. The number of halogens is 1. The molecule has 0 unspecified atom stereocenters. The van der Waals surface area contributed by atoms with E-state index in [9.17, 15) is 14.4 Å². The van der Waals surface area contributed by atoms with Gasteiger partial charge in [0, 0.05) is 24.7 Å². The standard InChI is InChI=1S/C22H32ClN5O3/c1-4-6-12-27(18(29)15-26(3)14-16-8-10-17(23)11-9-16)19-20(24)28(13-7-5-2)22(31)25-21(19)30/h8-11H,4-7,12-15,24H2,1-3H3,(H,25,30,31). The molecule has 0 atom stereocenters. The molecule has 0 fully saturated rings. The second-order valence-corrected chi connectivity index (χ2v) is 8.13. The van der Waals surface area contributed by atoms with Gasteiger partial charge in [0.25, 0.3) is 5.56 Å². The number of unbranched alkanes of at least 4 members (excludes halogenated alkanes) is 2. The van der Waals surface area contributed by atoms with Crippen LogP contribution < -0.4 is 21.9 Å². The third-order valence-corrected chi connectivity index (χ3v) is 5.28. The van der Waals surface area contributed by atoms with E-state index in [4.69, 9.17) is 17.3 Å². The molecule has 1 heterocycles. The summed E-state index contributed by atoms with van der Waals surface area (Å²) in [4.78, 5) is 43.7. The van der Waals surface area contributed by atoms with E-state index in [-0.39, 0.29) is 24.0 Å². The molecule has 0 bridgehead atoms. The van der Waals surface area contributed by atoms with Crippen molar-refractivity contribution in [3.8, 4) is 0 Å². The summed E-state index contributed by atoms with van der Waals surface area (Å²) >= 11 is 5.93. The summed E-state index contributed by atoms with van der Waals surface area (Å²) in [6, 6.07) is 7.43. The number of aromatic nitrogens is 2. The first kappa shape index (κ1) is 24.7. The molecule has 3 N–H and O–H groups in total. The zero-order valence-electron chi connectivity index (χ0n) is 18.5. The number of nitrogens with two attached hydrogens (primary N) is 1. The first-order chi connectivity index (χ1) is 14.8. The fraction of sp³-hybridized carbons (Fsp3) is 0.500. The smallest absolute Gasteiger partial charge is 0.330 e. The lowest BCUT2D eigenvalue weighted by Gasteiger charge is -2.26. The highest BCUT2D eigenvalue weighted by Crippen LogP contribution is 2.19. The van der Waals surface area contributed by atoms with Crippen molar-refractivity contribution < 1.29 is 4.79 Å². The van der Waals surface area contributed by atoms with E-state index in [1.165, 1.54) is 9.47 Å². The molecule has 0 aliphatic carbocycles. The Balaban J connectivity index is 2.29. The number of likely N-dealkylation sites (N-methyl/N-ethyl adjacent to an activating group) is 1. The number of benzene rings is 1. The number of rotatable bonds is 11. The lowest BCUT2D eigenvalue weighted by atomic mass is 10.2. The topological polar surface area (TPSA) is 104 Å². The van der Waals surface area contributed by atoms with Crippen LogP contribution in [-0.2, 0) is 17.9 Å². The van der Waals surface area contributed by atoms with Gasteiger partial charge in [-0.2, -0.15) is 0 Å². The largest absolute Gasteiger partial charge is 0.383 e. The van der Waals surface area contributed by atoms with Crippen molar-refractivity contribution in [3.63, 3.8) is 0 Å². The minimum Gasteiger partial charge on any atom is -0.383 e. The number of H-pyrrole nitrogens is 1. The minimum absolute atomic E-state index is 0.0343. The number of nitrogen functional groups attached to an aromatic ring is 1. The predicted molar refractivity (Wildman–Crippen MR) is 126 cm³/mol. The molecule has 1 aromatic heterocycles. The van der Waals surface area contributed by atoms with Crippen LogP contribution in [0.2, 0.25) is 5.02 Å². The van der Waals surface area contributed by atoms with Gasteiger partial charge in [0.15, 0.2) is 5.69 Å². The fourth-order valence-corrected chi connectivity index (χ4v) is 3.45. The zero-order chi connectivity index (χ0) is 23.0. The quantitative estimate of drug-likeness (QED) is 0.548. The van der Waals surface area contributed by atoms with Crippen LogP contribution in [0.5, 0.6) is 0 Å². The van der Waals surface area contributed by atoms with Crippen LogP contribution in [0.3, 0.4) is 0 Å². The van der Waals surface area contributed by atoms with E-state index >= 15 is 0 Å². The van der Waals surface area contributed by atoms with Gasteiger partial charge in [-0.3, -0.25) is 24.0 Å². The van der Waals surface area contributed by atoms with Gasteiger partial charge in [-0.15, -0.1) is 0 Å². The van der Waals surface area contributed by atoms with Crippen molar-refractivity contribution in [1.29, 1.82) is 0 Å². The van der Waals surface area contributed by atoms with Crippen LogP contribution in [0.4, 0.5) is 11.5 Å². The number of nitrogens with zero attached hydrogens (tertiary/aromatic N) is 3. The Bertz CT molecular complexity index is 984. The number of carbonyl (C=O) groups is 1. The highest BCUT2D eigenvalue weighted by molar-refractivity contribution is 6.30. The van der Waals surface area contributed by atoms with Crippen LogP contribution in [-0.4, -0.2) is 40.5 Å². The van der Waals surface area contributed by atoms with E-state index in [2.05, 4.69) is 4.98 Å². The van der Waals surface area contributed by atoms with E-state index in [1.807, 2.05) is 37.9 Å². The normalized spacial score (nSPS) is 11.1. The third-order valence-electron chi connectivity index (χ3n) is 5.03. The van der Waals surface area contributed by atoms with Gasteiger partial charge in [-0.25, -0.2) is 4.79 Å². The summed E-state index contributed by atoms with van der Waals surface area (Å²) in [6.45, 7) is 5.39. The number of hydrogen-bond acceptors (Lipinski definition) is 5. The molecule has 8 nitrogen and oxygen atoms in total. The van der Waals surface area contributed by atoms with Crippen LogP contribution in [0.15, 0.2) is 33.9 Å². The Kier molecular flexibility index (Phi) is 9.33. The van der Waals surface area contributed by atoms with Crippen molar-refractivity contribution >= 4 is 29.0 Å². The number of nitrogens with one attached hydrogen (secondary N) is 1. The van der Waals surface area contributed by atoms with E-state index in [1.54, 1.807) is 12.1 Å². The monoisotopic (exact) mass is 449 g/mol. The highest BCUT2D eigenvalue weighted by Gasteiger charge is 2.24. The van der Waals surface area contributed by atoms with Gasteiger partial charge in [0.05, 0.1) is 6.54 Å². The lowest BCUT2D eigenvalue weighted by molar-refractivity contribution is -0.119. The second-order valence-electron chi connectivity index (χ2n) is 7.70. The first-order valence-corrected chi connectivity index (χ1v) is 11.0. The summed E-state index contributed by atoms with van der Waals surface area (Å²) in [5.41, 5.74) is 6.10. The van der Waals surface area contributed by atoms with Crippen molar-refractivity contribution in [1.82, 2.24) is 14.5 Å². The zero-order valence-corrected chi connectivity index (χ0v) is 19.2. The maximum absolute atomic E-state index is 13.2. The maximum Gasteiger partial charge on any atom is 0.330 e. The molecule has 1 aromatic carbocycles. The van der Waals surface area contributed by atoms with E-state index < -0.39 is 11.2 Å². The molecule has 31 heavy (non-hydrogen) atoms. The molecular weight excluding hydrogens is 418 g/mol. The Hall–Kier alpha value is -2.58. The Morgan fingerprint density at radius 1 is 1.13 bits per heavy atom. The fourth-order valence-electron chi connectivity index (χ4n) is 3.33. The average Bonchev–Trinajstić information content (AvgIpc) is 2.71. The number of amides is 1. The molecule has 9 heteroatoms. The van der Waals surface area contributed by atoms with Gasteiger partial charge in [-0.05, 0) is 37.6 Å². The molecule has 0 saturated carbocycles. The molecule has 2 aromatic rings. The Morgan fingerprint density at radius 3 is 2.39 bits per heavy atom. The van der Waals surface area contributed by atoms with Crippen LogP contribution in [0, 0.1) is 0 Å². The van der Waals surface area contributed by atoms with Gasteiger partial charge >= 0.3 is 5.69 Å². The molecule has 0 saturated heterocycles. The SMILES string of the molecule is CCCCN(C(=O)CN(C)Cc1ccc(Cl)cc1)c1c(N)n(CCCC)c(=O)[nH]c1=O. The van der Waals surface area contributed by atoms with E-state index in [0.717, 1.165) is 24.8 Å². The number of hydrogen-bond donors (Lipinski definition) is 2. The number of aromatic amines is 1. The van der Waals surface area contributed by atoms with Crippen molar-refractivity contribution in [3.05, 3.63) is 55.7 Å². The van der Waals surface area contributed by atoms with Gasteiger partial charge in [0.1, 0.15) is 5.82 Å². The average molecular weight is 450 g/mol. The second kappa shape index (κ2) is 11.7. The van der Waals surface area contributed by atoms with Gasteiger partial charge < -0.3 is 10.6 Å².